The highest BCUT2D eigenvalue weighted by Crippen LogP contribution is 2.38. The number of nitrogen functional groups attached to an aromatic ring is 1. The first-order chi connectivity index (χ1) is 15.3. The Kier molecular flexibility index (Phi) is 8.80. The summed E-state index contributed by atoms with van der Waals surface area (Å²) >= 11 is 0. The van der Waals surface area contributed by atoms with Gasteiger partial charge in [-0.05, 0) is 77.8 Å². The number of nitrogens with zero attached hydrogens (tertiary/aromatic N) is 1. The van der Waals surface area contributed by atoms with Crippen LogP contribution in [0.5, 0.6) is 0 Å². The van der Waals surface area contributed by atoms with Crippen LogP contribution >= 0.6 is 24.8 Å². The fraction of sp³-hybridized carbons (Fsp3) is 0.241. The van der Waals surface area contributed by atoms with Gasteiger partial charge >= 0.3 is 0 Å². The summed E-state index contributed by atoms with van der Waals surface area (Å²) in [6.45, 7) is 3.47. The molecule has 1 aliphatic heterocycles. The number of piperidine rings is 1. The number of rotatable bonds is 4. The Balaban J connectivity index is 0.00000153. The summed E-state index contributed by atoms with van der Waals surface area (Å²) in [5.41, 5.74) is 16.5. The van der Waals surface area contributed by atoms with E-state index in [-0.39, 0.29) is 24.8 Å². The van der Waals surface area contributed by atoms with Crippen LogP contribution < -0.4 is 5.73 Å². The van der Waals surface area contributed by atoms with Crippen molar-refractivity contribution in [3.63, 3.8) is 0 Å². The van der Waals surface area contributed by atoms with Gasteiger partial charge in [0.1, 0.15) is 0 Å². The third kappa shape index (κ3) is 5.70. The lowest BCUT2D eigenvalue weighted by Gasteiger charge is -2.30. The first-order valence-corrected chi connectivity index (χ1v) is 11.4. The minimum atomic E-state index is 0. The number of halogens is 2. The molecule has 3 aromatic rings. The lowest BCUT2D eigenvalue weighted by Crippen LogP contribution is -2.32. The van der Waals surface area contributed by atoms with Gasteiger partial charge in [-0.1, -0.05) is 78.4 Å². The van der Waals surface area contributed by atoms with Gasteiger partial charge in [-0.2, -0.15) is 0 Å². The standard InChI is InChI=1S/C29H30N2.2ClH/c30-26-15-11-22(12-16-26)6-5-19-31-20-17-25(18-21-31)29-27-9-3-1-7-23(27)13-14-24-8-2-4-10-28(24)29;;/h1-4,7-16H,5-6,17-21,30H2;2*1H. The Bertz CT molecular complexity index is 1070. The van der Waals surface area contributed by atoms with E-state index in [4.69, 9.17) is 5.73 Å². The zero-order valence-corrected chi connectivity index (χ0v) is 20.5. The van der Waals surface area contributed by atoms with E-state index < -0.39 is 0 Å². The zero-order chi connectivity index (χ0) is 21.0. The molecule has 0 spiro atoms. The molecule has 2 nitrogen and oxygen atoms in total. The zero-order valence-electron chi connectivity index (χ0n) is 18.9. The molecule has 0 amide bonds. The summed E-state index contributed by atoms with van der Waals surface area (Å²) in [4.78, 5) is 2.63. The van der Waals surface area contributed by atoms with Crippen LogP contribution in [-0.4, -0.2) is 24.5 Å². The second-order valence-corrected chi connectivity index (χ2v) is 8.67. The molecule has 4 heteroatoms. The van der Waals surface area contributed by atoms with Crippen molar-refractivity contribution in [3.8, 4) is 0 Å². The molecule has 1 aliphatic carbocycles. The van der Waals surface area contributed by atoms with Crippen LogP contribution in [-0.2, 0) is 6.42 Å². The van der Waals surface area contributed by atoms with Crippen LogP contribution in [0.3, 0.4) is 0 Å². The average molecular weight is 479 g/mol. The van der Waals surface area contributed by atoms with Crippen LogP contribution in [0.1, 0.15) is 47.1 Å². The molecular formula is C29H32Cl2N2. The van der Waals surface area contributed by atoms with E-state index in [0.29, 0.717) is 0 Å². The monoisotopic (exact) mass is 478 g/mol. The van der Waals surface area contributed by atoms with E-state index in [2.05, 4.69) is 77.7 Å². The summed E-state index contributed by atoms with van der Waals surface area (Å²) < 4.78 is 0. The number of likely N-dealkylation sites (tertiary alicyclic amines) is 1. The topological polar surface area (TPSA) is 29.3 Å². The van der Waals surface area contributed by atoms with Crippen molar-refractivity contribution in [1.29, 1.82) is 0 Å². The highest BCUT2D eigenvalue weighted by molar-refractivity contribution is 5.94. The molecule has 2 N–H and O–H groups in total. The highest BCUT2D eigenvalue weighted by Gasteiger charge is 2.22. The predicted molar refractivity (Wildman–Crippen MR) is 147 cm³/mol. The Morgan fingerprint density at radius 2 is 1.24 bits per heavy atom. The van der Waals surface area contributed by atoms with Crippen LogP contribution in [0, 0.1) is 0 Å². The molecule has 1 saturated heterocycles. The summed E-state index contributed by atoms with van der Waals surface area (Å²) in [6.07, 6.45) is 9.17. The number of aryl methyl sites for hydroxylation is 1. The molecule has 0 aromatic heterocycles. The average Bonchev–Trinajstić information content (AvgIpc) is 2.98. The Morgan fingerprint density at radius 3 is 1.82 bits per heavy atom. The molecule has 3 aromatic carbocycles. The first-order valence-electron chi connectivity index (χ1n) is 11.4. The van der Waals surface area contributed by atoms with E-state index in [1.165, 1.54) is 46.4 Å². The quantitative estimate of drug-likeness (QED) is 0.316. The summed E-state index contributed by atoms with van der Waals surface area (Å²) in [6, 6.07) is 26.0. The number of hydrogen-bond donors (Lipinski definition) is 1. The molecule has 0 unspecified atom stereocenters. The van der Waals surface area contributed by atoms with E-state index in [9.17, 15) is 0 Å². The van der Waals surface area contributed by atoms with Gasteiger partial charge in [-0.15, -0.1) is 24.8 Å². The van der Waals surface area contributed by atoms with Gasteiger partial charge in [0.05, 0.1) is 0 Å². The van der Waals surface area contributed by atoms with E-state index in [0.717, 1.165) is 38.0 Å². The molecular weight excluding hydrogens is 447 g/mol. The Morgan fingerprint density at radius 1 is 0.697 bits per heavy atom. The van der Waals surface area contributed by atoms with E-state index in [1.807, 2.05) is 12.1 Å². The van der Waals surface area contributed by atoms with Crippen molar-refractivity contribution >= 4 is 48.2 Å². The molecule has 172 valence electrons. The third-order valence-electron chi connectivity index (χ3n) is 6.64. The maximum absolute atomic E-state index is 5.80. The maximum Gasteiger partial charge on any atom is 0.0314 e. The van der Waals surface area contributed by atoms with Gasteiger partial charge in [0.15, 0.2) is 0 Å². The second kappa shape index (κ2) is 11.6. The lowest BCUT2D eigenvalue weighted by atomic mass is 9.86. The van der Waals surface area contributed by atoms with Crippen LogP contribution in [0.25, 0.3) is 17.7 Å². The largest absolute Gasteiger partial charge is 0.399 e. The van der Waals surface area contributed by atoms with Crippen molar-refractivity contribution in [3.05, 3.63) is 106 Å². The van der Waals surface area contributed by atoms with Gasteiger partial charge in [-0.25, -0.2) is 0 Å². The predicted octanol–water partition coefficient (Wildman–Crippen LogP) is 7.13. The molecule has 0 radical (unpaired) electrons. The van der Waals surface area contributed by atoms with Crippen LogP contribution in [0.15, 0.2) is 78.4 Å². The van der Waals surface area contributed by atoms with Crippen molar-refractivity contribution in [2.24, 2.45) is 0 Å². The van der Waals surface area contributed by atoms with Crippen LogP contribution in [0.2, 0.25) is 0 Å². The lowest BCUT2D eigenvalue weighted by molar-refractivity contribution is 0.254. The van der Waals surface area contributed by atoms with Crippen molar-refractivity contribution < 1.29 is 0 Å². The summed E-state index contributed by atoms with van der Waals surface area (Å²) in [5.74, 6) is 0. The van der Waals surface area contributed by atoms with E-state index in [1.54, 1.807) is 5.57 Å². The fourth-order valence-electron chi connectivity index (χ4n) is 4.93. The first kappa shape index (κ1) is 25.1. The minimum Gasteiger partial charge on any atom is -0.399 e. The van der Waals surface area contributed by atoms with Gasteiger partial charge in [0.2, 0.25) is 0 Å². The van der Waals surface area contributed by atoms with Gasteiger partial charge in [0.25, 0.3) is 0 Å². The third-order valence-corrected chi connectivity index (χ3v) is 6.64. The minimum absolute atomic E-state index is 0. The maximum atomic E-state index is 5.80. The summed E-state index contributed by atoms with van der Waals surface area (Å²) in [7, 11) is 0. The Hall–Kier alpha value is -2.52. The smallest absolute Gasteiger partial charge is 0.0314 e. The SMILES string of the molecule is Cl.Cl.Nc1ccc(CCCN2CCC(=C3c4ccccc4C=Cc4ccccc43)CC2)cc1. The van der Waals surface area contributed by atoms with Crippen molar-refractivity contribution in [2.75, 3.05) is 25.4 Å². The summed E-state index contributed by atoms with van der Waals surface area (Å²) in [5, 5.41) is 0. The normalized spacial score (nSPS) is 15.0. The Labute approximate surface area is 210 Å². The number of fused-ring (bicyclic) bond motifs is 2. The molecule has 33 heavy (non-hydrogen) atoms. The number of hydrogen-bond acceptors (Lipinski definition) is 2. The fourth-order valence-corrected chi connectivity index (χ4v) is 4.93. The highest BCUT2D eigenvalue weighted by atomic mass is 35.5. The van der Waals surface area contributed by atoms with Crippen LogP contribution in [0.4, 0.5) is 5.69 Å². The van der Waals surface area contributed by atoms with Gasteiger partial charge in [-0.3, -0.25) is 0 Å². The molecule has 5 rings (SSSR count). The van der Waals surface area contributed by atoms with Gasteiger partial charge in [0, 0.05) is 18.8 Å². The van der Waals surface area contributed by atoms with E-state index >= 15 is 0 Å². The molecule has 0 saturated carbocycles. The molecule has 0 atom stereocenters. The molecule has 0 bridgehead atoms. The number of nitrogens with two attached hydrogens (primary N) is 1. The molecule has 1 fully saturated rings. The van der Waals surface area contributed by atoms with Crippen molar-refractivity contribution in [1.82, 2.24) is 4.90 Å². The second-order valence-electron chi connectivity index (χ2n) is 8.67. The molecule has 2 aliphatic rings. The number of benzene rings is 3. The number of anilines is 1. The molecule has 1 heterocycles. The van der Waals surface area contributed by atoms with Crippen molar-refractivity contribution in [2.45, 2.75) is 25.7 Å². The van der Waals surface area contributed by atoms with Gasteiger partial charge < -0.3 is 10.6 Å².